The quantitative estimate of drug-likeness (QED) is 0.482. The predicted molar refractivity (Wildman–Crippen MR) is 136 cm³/mol. The number of carbonyl (C=O) groups is 3. The number of carbonyl (C=O) groups excluding carboxylic acids is 2. The molecular formula is C27H30N2O5S. The first-order chi connectivity index (χ1) is 16.9. The minimum atomic E-state index is -0.995. The number of alkyl carbamates (subject to hydrolysis) is 1. The van der Waals surface area contributed by atoms with Gasteiger partial charge in [0.05, 0.1) is 0 Å². The van der Waals surface area contributed by atoms with Crippen molar-refractivity contribution in [2.45, 2.75) is 24.8 Å². The number of nitrogens with zero attached hydrogens (tertiary/aromatic N) is 1. The predicted octanol–water partition coefficient (Wildman–Crippen LogP) is 4.14. The van der Waals surface area contributed by atoms with E-state index in [1.165, 1.54) is 4.90 Å². The number of nitrogens with one attached hydrogen (secondary N) is 1. The van der Waals surface area contributed by atoms with Crippen LogP contribution in [-0.2, 0) is 14.3 Å². The molecule has 8 heteroatoms. The lowest BCUT2D eigenvalue weighted by molar-refractivity contribution is -0.166. The number of rotatable bonds is 10. The standard InChI is InChI=1S/C27H30N2O5S/c1-3-13-27(25(31)32)16-29(17-27)24(30)23(12-14-35-2)28-26(33)34-15-22-20-10-6-4-8-18(20)19-9-5-7-11-21(19)22/h3-11,22-23H,1,12-17H2,2H3,(H,28,33)(H,31,32)/t23-/m0/s1. The van der Waals surface area contributed by atoms with E-state index < -0.39 is 23.5 Å². The number of carboxylic acid groups (broad SMARTS) is 1. The van der Waals surface area contributed by atoms with Gasteiger partial charge in [-0.3, -0.25) is 9.59 Å². The summed E-state index contributed by atoms with van der Waals surface area (Å²) < 4.78 is 5.61. The summed E-state index contributed by atoms with van der Waals surface area (Å²) >= 11 is 1.57. The number of likely N-dealkylation sites (tertiary alicyclic amines) is 1. The van der Waals surface area contributed by atoms with Gasteiger partial charge < -0.3 is 20.1 Å². The Kier molecular flexibility index (Phi) is 7.50. The number of hydrogen-bond acceptors (Lipinski definition) is 5. The summed E-state index contributed by atoms with van der Waals surface area (Å²) in [6, 6.07) is 15.4. The van der Waals surface area contributed by atoms with Gasteiger partial charge in [0.25, 0.3) is 0 Å². The van der Waals surface area contributed by atoms with Crippen molar-refractivity contribution in [1.82, 2.24) is 10.2 Å². The lowest BCUT2D eigenvalue weighted by atomic mass is 9.76. The van der Waals surface area contributed by atoms with Crippen LogP contribution in [0.1, 0.15) is 29.9 Å². The van der Waals surface area contributed by atoms with E-state index in [1.54, 1.807) is 17.8 Å². The molecular weight excluding hydrogens is 464 g/mol. The molecule has 35 heavy (non-hydrogen) atoms. The highest BCUT2D eigenvalue weighted by molar-refractivity contribution is 7.98. The van der Waals surface area contributed by atoms with E-state index in [1.807, 2.05) is 42.7 Å². The lowest BCUT2D eigenvalue weighted by Crippen LogP contribution is -2.65. The second-order valence-electron chi connectivity index (χ2n) is 9.08. The number of thioether (sulfide) groups is 1. The topological polar surface area (TPSA) is 95.9 Å². The van der Waals surface area contributed by atoms with E-state index in [-0.39, 0.29) is 31.5 Å². The average molecular weight is 495 g/mol. The van der Waals surface area contributed by atoms with Crippen LogP contribution in [0, 0.1) is 5.41 Å². The summed E-state index contributed by atoms with van der Waals surface area (Å²) in [5.41, 5.74) is 3.52. The molecule has 2 aromatic carbocycles. The maximum atomic E-state index is 13.1. The van der Waals surface area contributed by atoms with Gasteiger partial charge >= 0.3 is 12.1 Å². The van der Waals surface area contributed by atoms with E-state index in [4.69, 9.17) is 4.74 Å². The number of allylic oxidation sites excluding steroid dienone is 1. The van der Waals surface area contributed by atoms with E-state index in [2.05, 4.69) is 24.0 Å². The minimum absolute atomic E-state index is 0.0704. The maximum absolute atomic E-state index is 13.1. The van der Waals surface area contributed by atoms with Crippen LogP contribution in [0.2, 0.25) is 0 Å². The zero-order valence-electron chi connectivity index (χ0n) is 19.7. The molecule has 1 aliphatic carbocycles. The highest BCUT2D eigenvalue weighted by atomic mass is 32.2. The fourth-order valence-electron chi connectivity index (χ4n) is 4.96. The molecule has 2 N–H and O–H groups in total. The molecule has 0 radical (unpaired) electrons. The van der Waals surface area contributed by atoms with Gasteiger partial charge in [-0.25, -0.2) is 4.79 Å². The normalized spacial score (nSPS) is 16.4. The van der Waals surface area contributed by atoms with E-state index in [0.29, 0.717) is 18.6 Å². The van der Waals surface area contributed by atoms with Crippen molar-refractivity contribution in [3.63, 3.8) is 0 Å². The Morgan fingerprint density at radius 3 is 2.31 bits per heavy atom. The van der Waals surface area contributed by atoms with Gasteiger partial charge in [-0.2, -0.15) is 11.8 Å². The second-order valence-corrected chi connectivity index (χ2v) is 10.1. The molecule has 1 heterocycles. The smallest absolute Gasteiger partial charge is 0.407 e. The highest BCUT2D eigenvalue weighted by Crippen LogP contribution is 2.44. The van der Waals surface area contributed by atoms with Crippen LogP contribution >= 0.6 is 11.8 Å². The Hall–Kier alpha value is -3.26. The second kappa shape index (κ2) is 10.6. The molecule has 1 atom stereocenters. The number of ether oxygens (including phenoxy) is 1. The zero-order chi connectivity index (χ0) is 25.0. The van der Waals surface area contributed by atoms with Crippen molar-refractivity contribution in [2.24, 2.45) is 5.41 Å². The minimum Gasteiger partial charge on any atom is -0.481 e. The summed E-state index contributed by atoms with van der Waals surface area (Å²) in [4.78, 5) is 39.0. The first-order valence-electron chi connectivity index (χ1n) is 11.6. The number of amides is 2. The van der Waals surface area contributed by atoms with Crippen molar-refractivity contribution >= 4 is 29.7 Å². The molecule has 1 fully saturated rings. The number of benzene rings is 2. The molecule has 2 aromatic rings. The molecule has 0 saturated carbocycles. The van der Waals surface area contributed by atoms with Gasteiger partial charge in [-0.15, -0.1) is 6.58 Å². The third-order valence-electron chi connectivity index (χ3n) is 6.83. The van der Waals surface area contributed by atoms with Crippen LogP contribution in [0.3, 0.4) is 0 Å². The van der Waals surface area contributed by atoms with Gasteiger partial charge in [-0.1, -0.05) is 54.6 Å². The van der Waals surface area contributed by atoms with E-state index in [9.17, 15) is 19.5 Å². The monoisotopic (exact) mass is 494 g/mol. The van der Waals surface area contributed by atoms with Crippen LogP contribution in [0.15, 0.2) is 61.2 Å². The van der Waals surface area contributed by atoms with Gasteiger partial charge in [0, 0.05) is 19.0 Å². The van der Waals surface area contributed by atoms with Crippen molar-refractivity contribution in [3.05, 3.63) is 72.3 Å². The zero-order valence-corrected chi connectivity index (χ0v) is 20.6. The number of aliphatic carboxylic acids is 1. The molecule has 2 aliphatic rings. The van der Waals surface area contributed by atoms with Gasteiger partial charge in [0.15, 0.2) is 0 Å². The van der Waals surface area contributed by atoms with Crippen molar-refractivity contribution in [3.8, 4) is 11.1 Å². The molecule has 7 nitrogen and oxygen atoms in total. The van der Waals surface area contributed by atoms with Crippen LogP contribution in [0.25, 0.3) is 11.1 Å². The van der Waals surface area contributed by atoms with Crippen LogP contribution < -0.4 is 5.32 Å². The van der Waals surface area contributed by atoms with E-state index in [0.717, 1.165) is 22.3 Å². The molecule has 0 aromatic heterocycles. The molecule has 1 saturated heterocycles. The molecule has 2 amide bonds. The molecule has 1 aliphatic heterocycles. The largest absolute Gasteiger partial charge is 0.481 e. The maximum Gasteiger partial charge on any atom is 0.407 e. The molecule has 184 valence electrons. The third kappa shape index (κ3) is 4.93. The van der Waals surface area contributed by atoms with Gasteiger partial charge in [0.2, 0.25) is 5.91 Å². The summed E-state index contributed by atoms with van der Waals surface area (Å²) in [6.45, 7) is 4.01. The molecule has 0 spiro atoms. The Morgan fingerprint density at radius 2 is 1.77 bits per heavy atom. The van der Waals surface area contributed by atoms with Gasteiger partial charge in [-0.05, 0) is 47.1 Å². The molecule has 4 rings (SSSR count). The van der Waals surface area contributed by atoms with E-state index >= 15 is 0 Å². The number of carboxylic acids is 1. The first-order valence-corrected chi connectivity index (χ1v) is 13.0. The van der Waals surface area contributed by atoms with Crippen LogP contribution in [-0.4, -0.2) is 65.7 Å². The van der Waals surface area contributed by atoms with Gasteiger partial charge in [0.1, 0.15) is 18.1 Å². The Morgan fingerprint density at radius 1 is 1.17 bits per heavy atom. The Labute approximate surface area is 209 Å². The average Bonchev–Trinajstić information content (AvgIpc) is 3.15. The van der Waals surface area contributed by atoms with Crippen molar-refractivity contribution < 1.29 is 24.2 Å². The molecule has 0 unspecified atom stereocenters. The highest BCUT2D eigenvalue weighted by Gasteiger charge is 2.51. The SMILES string of the molecule is C=CCC1(C(=O)O)CN(C(=O)[C@H](CCSC)NC(=O)OCC2c3ccccc3-c3ccccc32)C1. The molecule has 0 bridgehead atoms. The third-order valence-corrected chi connectivity index (χ3v) is 7.48. The summed E-state index contributed by atoms with van der Waals surface area (Å²) in [5, 5.41) is 12.3. The Balaban J connectivity index is 1.39. The summed E-state index contributed by atoms with van der Waals surface area (Å²) in [5.74, 6) is -0.621. The summed E-state index contributed by atoms with van der Waals surface area (Å²) in [6.07, 6.45) is 3.57. The lowest BCUT2D eigenvalue weighted by Gasteiger charge is -2.47. The summed E-state index contributed by atoms with van der Waals surface area (Å²) in [7, 11) is 0. The van der Waals surface area contributed by atoms with Crippen LogP contribution in [0.5, 0.6) is 0 Å². The van der Waals surface area contributed by atoms with Crippen LogP contribution in [0.4, 0.5) is 4.79 Å². The fraction of sp³-hybridized carbons (Fsp3) is 0.370. The number of hydrogen-bond donors (Lipinski definition) is 2. The van der Waals surface area contributed by atoms with Crippen molar-refractivity contribution in [1.29, 1.82) is 0 Å². The Bertz CT molecular complexity index is 1080. The van der Waals surface area contributed by atoms with Crippen molar-refractivity contribution in [2.75, 3.05) is 31.7 Å². The fourth-order valence-corrected chi connectivity index (χ4v) is 5.44. The first kappa shape index (κ1) is 24.9. The number of fused-ring (bicyclic) bond motifs is 3.